The third-order valence-corrected chi connectivity index (χ3v) is 4.62. The maximum atomic E-state index is 13.1. The summed E-state index contributed by atoms with van der Waals surface area (Å²) in [5.41, 5.74) is 1.84. The lowest BCUT2D eigenvalue weighted by Crippen LogP contribution is -2.44. The zero-order chi connectivity index (χ0) is 17.8. The number of aromatic nitrogens is 1. The average molecular weight is 344 g/mol. The fraction of sp³-hybridized carbons (Fsp3) is 0.526. The Morgan fingerprint density at radius 1 is 1.28 bits per heavy atom. The van der Waals surface area contributed by atoms with Crippen LogP contribution in [0.3, 0.4) is 0 Å². The molecule has 0 aliphatic heterocycles. The molecule has 0 N–H and O–H groups in total. The van der Waals surface area contributed by atoms with E-state index in [9.17, 15) is 9.59 Å². The Morgan fingerprint density at radius 2 is 2.04 bits per heavy atom. The van der Waals surface area contributed by atoms with Crippen molar-refractivity contribution in [3.05, 3.63) is 29.7 Å². The molecule has 1 aliphatic rings. The van der Waals surface area contributed by atoms with E-state index in [1.165, 1.54) is 6.42 Å². The number of carbonyl (C=O) groups excluding carboxylic acids is 2. The number of rotatable bonds is 5. The predicted octanol–water partition coefficient (Wildman–Crippen LogP) is 3.47. The van der Waals surface area contributed by atoms with Crippen LogP contribution in [0.2, 0.25) is 0 Å². The molecule has 2 aromatic rings. The first kappa shape index (κ1) is 17.5. The number of ether oxygens (including phenoxy) is 1. The van der Waals surface area contributed by atoms with Crippen LogP contribution in [0.5, 0.6) is 0 Å². The van der Waals surface area contributed by atoms with Crippen molar-refractivity contribution in [3.63, 3.8) is 0 Å². The number of aryl methyl sites for hydroxylation is 1. The highest BCUT2D eigenvalue weighted by molar-refractivity contribution is 5.98. The minimum atomic E-state index is -0.361. The molecule has 0 saturated heterocycles. The van der Waals surface area contributed by atoms with E-state index in [2.05, 4.69) is 4.98 Å². The first-order valence-electron chi connectivity index (χ1n) is 8.92. The number of hydrogen-bond donors (Lipinski definition) is 0. The molecule has 134 valence electrons. The number of hydrogen-bond acceptors (Lipinski definition) is 5. The monoisotopic (exact) mass is 344 g/mol. The van der Waals surface area contributed by atoms with Gasteiger partial charge in [-0.2, -0.15) is 0 Å². The Labute approximate surface area is 147 Å². The molecule has 0 unspecified atom stereocenters. The van der Waals surface area contributed by atoms with Crippen molar-refractivity contribution in [1.82, 2.24) is 9.88 Å². The molecule has 1 saturated carbocycles. The maximum absolute atomic E-state index is 13.1. The number of esters is 1. The summed E-state index contributed by atoms with van der Waals surface area (Å²) in [5, 5.41) is 0. The molecule has 0 spiro atoms. The zero-order valence-electron chi connectivity index (χ0n) is 14.8. The molecule has 6 heteroatoms. The van der Waals surface area contributed by atoms with Crippen molar-refractivity contribution in [2.24, 2.45) is 0 Å². The van der Waals surface area contributed by atoms with Gasteiger partial charge in [-0.1, -0.05) is 19.3 Å². The second-order valence-electron chi connectivity index (χ2n) is 6.45. The fourth-order valence-electron chi connectivity index (χ4n) is 3.45. The van der Waals surface area contributed by atoms with E-state index < -0.39 is 0 Å². The van der Waals surface area contributed by atoms with E-state index in [1.807, 2.05) is 0 Å². The van der Waals surface area contributed by atoms with E-state index in [-0.39, 0.29) is 24.5 Å². The van der Waals surface area contributed by atoms with Crippen molar-refractivity contribution < 1.29 is 18.7 Å². The van der Waals surface area contributed by atoms with Crippen LogP contribution in [-0.4, -0.2) is 41.0 Å². The standard InChI is InChI=1S/C19H24N2O4/c1-3-24-18(22)12-21(15-7-5-4-6-8-15)19(23)14-9-10-17-16(11-14)20-13(2)25-17/h9-11,15H,3-8,12H2,1-2H3. The second-order valence-corrected chi connectivity index (χ2v) is 6.45. The van der Waals surface area contributed by atoms with E-state index >= 15 is 0 Å². The number of oxazole rings is 1. The van der Waals surface area contributed by atoms with Crippen LogP contribution < -0.4 is 0 Å². The third-order valence-electron chi connectivity index (χ3n) is 4.62. The summed E-state index contributed by atoms with van der Waals surface area (Å²) in [6.45, 7) is 3.85. The van der Waals surface area contributed by atoms with Crippen LogP contribution in [0.15, 0.2) is 22.6 Å². The highest BCUT2D eigenvalue weighted by atomic mass is 16.5. The molecule has 0 radical (unpaired) electrons. The molecule has 1 aliphatic carbocycles. The van der Waals surface area contributed by atoms with Gasteiger partial charge in [0.2, 0.25) is 0 Å². The quantitative estimate of drug-likeness (QED) is 0.777. The Morgan fingerprint density at radius 3 is 2.76 bits per heavy atom. The van der Waals surface area contributed by atoms with Gasteiger partial charge in [-0.15, -0.1) is 0 Å². The number of fused-ring (bicyclic) bond motifs is 1. The van der Waals surface area contributed by atoms with Crippen LogP contribution in [0.4, 0.5) is 0 Å². The van der Waals surface area contributed by atoms with Crippen molar-refractivity contribution in [2.45, 2.75) is 52.0 Å². The van der Waals surface area contributed by atoms with Gasteiger partial charge in [0.15, 0.2) is 11.5 Å². The predicted molar refractivity (Wildman–Crippen MR) is 93.3 cm³/mol. The Kier molecular flexibility index (Phi) is 5.36. The first-order valence-corrected chi connectivity index (χ1v) is 8.92. The average Bonchev–Trinajstić information content (AvgIpc) is 2.99. The molecule has 1 aromatic heterocycles. The molecular formula is C19H24N2O4. The zero-order valence-corrected chi connectivity index (χ0v) is 14.8. The van der Waals surface area contributed by atoms with Crippen LogP contribution in [-0.2, 0) is 9.53 Å². The molecule has 25 heavy (non-hydrogen) atoms. The van der Waals surface area contributed by atoms with Crippen LogP contribution >= 0.6 is 0 Å². The van der Waals surface area contributed by atoms with Gasteiger partial charge in [0.05, 0.1) is 6.61 Å². The number of nitrogens with zero attached hydrogens (tertiary/aromatic N) is 2. The Balaban J connectivity index is 1.86. The minimum absolute atomic E-state index is 0.00673. The van der Waals surface area contributed by atoms with Gasteiger partial charge in [-0.3, -0.25) is 9.59 Å². The van der Waals surface area contributed by atoms with Gasteiger partial charge in [0, 0.05) is 18.5 Å². The van der Waals surface area contributed by atoms with Crippen molar-refractivity contribution in [2.75, 3.05) is 13.2 Å². The number of benzene rings is 1. The lowest BCUT2D eigenvalue weighted by Gasteiger charge is -2.33. The molecule has 1 heterocycles. The summed E-state index contributed by atoms with van der Waals surface area (Å²) in [6.07, 6.45) is 5.20. The van der Waals surface area contributed by atoms with Gasteiger partial charge in [-0.05, 0) is 38.0 Å². The topological polar surface area (TPSA) is 72.6 Å². The Hall–Kier alpha value is -2.37. The van der Waals surface area contributed by atoms with E-state index in [0.29, 0.717) is 29.2 Å². The van der Waals surface area contributed by atoms with Crippen molar-refractivity contribution in [1.29, 1.82) is 0 Å². The maximum Gasteiger partial charge on any atom is 0.325 e. The molecule has 1 amide bonds. The normalized spacial score (nSPS) is 15.3. The highest BCUT2D eigenvalue weighted by Crippen LogP contribution is 2.25. The molecule has 0 bridgehead atoms. The molecule has 1 fully saturated rings. The summed E-state index contributed by atoms with van der Waals surface area (Å²) in [6, 6.07) is 5.30. The largest absolute Gasteiger partial charge is 0.465 e. The second kappa shape index (κ2) is 7.68. The van der Waals surface area contributed by atoms with Crippen molar-refractivity contribution >= 4 is 23.0 Å². The van der Waals surface area contributed by atoms with Crippen molar-refractivity contribution in [3.8, 4) is 0 Å². The van der Waals surface area contributed by atoms with E-state index in [0.717, 1.165) is 25.7 Å². The summed E-state index contributed by atoms with van der Waals surface area (Å²) in [4.78, 5) is 31.1. The minimum Gasteiger partial charge on any atom is -0.465 e. The van der Waals surface area contributed by atoms with Gasteiger partial charge in [-0.25, -0.2) is 4.98 Å². The van der Waals surface area contributed by atoms with Gasteiger partial charge in [0.1, 0.15) is 12.1 Å². The summed E-state index contributed by atoms with van der Waals surface area (Å²) >= 11 is 0. The van der Waals surface area contributed by atoms with Crippen LogP contribution in [0.1, 0.15) is 55.3 Å². The number of amides is 1. The van der Waals surface area contributed by atoms with E-state index in [4.69, 9.17) is 9.15 Å². The smallest absolute Gasteiger partial charge is 0.325 e. The van der Waals surface area contributed by atoms with E-state index in [1.54, 1.807) is 36.9 Å². The lowest BCUT2D eigenvalue weighted by atomic mass is 9.93. The Bertz CT molecular complexity index is 762. The molecule has 0 atom stereocenters. The fourth-order valence-corrected chi connectivity index (χ4v) is 3.45. The highest BCUT2D eigenvalue weighted by Gasteiger charge is 2.28. The first-order chi connectivity index (χ1) is 12.1. The lowest BCUT2D eigenvalue weighted by molar-refractivity contribution is -0.144. The number of carbonyl (C=O) groups is 2. The summed E-state index contributed by atoms with van der Waals surface area (Å²) < 4.78 is 10.5. The summed E-state index contributed by atoms with van der Waals surface area (Å²) in [5.74, 6) is 0.0533. The van der Waals surface area contributed by atoms with Gasteiger partial charge >= 0.3 is 5.97 Å². The van der Waals surface area contributed by atoms with Gasteiger partial charge < -0.3 is 14.1 Å². The molecule has 1 aromatic carbocycles. The molecule has 6 nitrogen and oxygen atoms in total. The van der Waals surface area contributed by atoms with Crippen LogP contribution in [0, 0.1) is 6.92 Å². The van der Waals surface area contributed by atoms with Gasteiger partial charge in [0.25, 0.3) is 5.91 Å². The molecular weight excluding hydrogens is 320 g/mol. The molecule has 3 rings (SSSR count). The SMILES string of the molecule is CCOC(=O)CN(C(=O)c1ccc2oc(C)nc2c1)C1CCCCC1. The summed E-state index contributed by atoms with van der Waals surface area (Å²) in [7, 11) is 0. The van der Waals surface area contributed by atoms with Crippen LogP contribution in [0.25, 0.3) is 11.1 Å². The third kappa shape index (κ3) is 4.00.